The zero-order valence-electron chi connectivity index (χ0n) is 19.9. The van der Waals surface area contributed by atoms with Gasteiger partial charge in [-0.2, -0.15) is 0 Å². The molecule has 2 amide bonds. The van der Waals surface area contributed by atoms with E-state index in [-0.39, 0.29) is 11.8 Å². The van der Waals surface area contributed by atoms with Crippen molar-refractivity contribution in [2.45, 2.75) is 4.43 Å². The summed E-state index contributed by atoms with van der Waals surface area (Å²) in [5.74, 6) is 0.567. The van der Waals surface area contributed by atoms with E-state index in [1.165, 1.54) is 0 Å². The van der Waals surface area contributed by atoms with Gasteiger partial charge in [-0.15, -0.1) is 0 Å². The molecule has 36 heavy (non-hydrogen) atoms. The van der Waals surface area contributed by atoms with Crippen LogP contribution in [0.25, 0.3) is 6.08 Å². The minimum Gasteiger partial charge on any atom is -0.496 e. The molecule has 1 aliphatic rings. The summed E-state index contributed by atoms with van der Waals surface area (Å²) < 4.78 is 6.08. The molecule has 1 aliphatic heterocycles. The zero-order valence-corrected chi connectivity index (χ0v) is 22.8. The number of nitrogens with one attached hydrogen (secondary N) is 1. The SMILES string of the molecule is COc1ccc(C(=O)Nc2ccc(N3CCN(C(=O)/C=C/c4ccccc4)CC3)c(Cl)c2)cc1CI. The fraction of sp³-hybridized carbons (Fsp3) is 0.214. The average molecular weight is 616 g/mol. The Bertz CT molecular complexity index is 1260. The van der Waals surface area contributed by atoms with Gasteiger partial charge in [-0.1, -0.05) is 64.5 Å². The lowest BCUT2D eigenvalue weighted by molar-refractivity contribution is -0.126. The van der Waals surface area contributed by atoms with E-state index < -0.39 is 0 Å². The maximum atomic E-state index is 12.8. The number of ether oxygens (including phenoxy) is 1. The molecule has 0 aliphatic carbocycles. The second kappa shape index (κ2) is 12.3. The first kappa shape index (κ1) is 26.0. The van der Waals surface area contributed by atoms with Crippen molar-refractivity contribution >= 4 is 63.5 Å². The molecule has 0 spiro atoms. The Labute approximate surface area is 230 Å². The molecule has 1 N–H and O–H groups in total. The first-order chi connectivity index (χ1) is 17.5. The lowest BCUT2D eigenvalue weighted by Gasteiger charge is -2.36. The molecule has 1 saturated heterocycles. The van der Waals surface area contributed by atoms with Crippen molar-refractivity contribution in [2.75, 3.05) is 43.5 Å². The third-order valence-electron chi connectivity index (χ3n) is 6.04. The van der Waals surface area contributed by atoms with Crippen LogP contribution in [0.5, 0.6) is 5.75 Å². The molecule has 0 bridgehead atoms. The van der Waals surface area contributed by atoms with Crippen molar-refractivity contribution in [3.8, 4) is 5.75 Å². The summed E-state index contributed by atoms with van der Waals surface area (Å²) in [5.41, 5.74) is 4.04. The second-order valence-corrected chi connectivity index (χ2v) is 9.51. The van der Waals surface area contributed by atoms with Gasteiger partial charge in [0.1, 0.15) is 5.75 Å². The first-order valence-electron chi connectivity index (χ1n) is 11.6. The Morgan fingerprint density at radius 1 is 1.03 bits per heavy atom. The van der Waals surface area contributed by atoms with E-state index >= 15 is 0 Å². The van der Waals surface area contributed by atoms with E-state index in [0.29, 0.717) is 42.5 Å². The van der Waals surface area contributed by atoms with Crippen LogP contribution in [-0.4, -0.2) is 50.0 Å². The molecule has 3 aromatic rings. The van der Waals surface area contributed by atoms with E-state index in [4.69, 9.17) is 16.3 Å². The second-order valence-electron chi connectivity index (χ2n) is 8.34. The van der Waals surface area contributed by atoms with Crippen LogP contribution in [0.15, 0.2) is 72.8 Å². The van der Waals surface area contributed by atoms with Gasteiger partial charge in [0.05, 0.1) is 17.8 Å². The zero-order chi connectivity index (χ0) is 25.5. The third kappa shape index (κ3) is 6.39. The summed E-state index contributed by atoms with van der Waals surface area (Å²) in [4.78, 5) is 29.3. The molecule has 3 aromatic carbocycles. The molecule has 0 unspecified atom stereocenters. The standard InChI is InChI=1S/C28H27ClIN3O3/c1-36-26-11-8-21(17-22(26)19-30)28(35)31-23-9-10-25(24(29)18-23)32-13-15-33(16-14-32)27(34)12-7-20-5-3-2-4-6-20/h2-12,17-18H,13-16,19H2,1H3,(H,31,35)/b12-7+. The molecule has 0 atom stereocenters. The number of hydrogen-bond donors (Lipinski definition) is 1. The minimum absolute atomic E-state index is 0.00640. The molecule has 8 heteroatoms. The summed E-state index contributed by atoms with van der Waals surface area (Å²) in [6.07, 6.45) is 3.47. The third-order valence-corrected chi connectivity index (χ3v) is 7.17. The van der Waals surface area contributed by atoms with E-state index in [1.807, 2.05) is 59.5 Å². The highest BCUT2D eigenvalue weighted by atomic mass is 127. The lowest BCUT2D eigenvalue weighted by atomic mass is 10.1. The smallest absolute Gasteiger partial charge is 0.255 e. The van der Waals surface area contributed by atoms with Crippen LogP contribution in [-0.2, 0) is 9.22 Å². The molecule has 4 rings (SSSR count). The topological polar surface area (TPSA) is 61.9 Å². The number of rotatable bonds is 7. The van der Waals surface area contributed by atoms with Gasteiger partial charge >= 0.3 is 0 Å². The number of hydrogen-bond acceptors (Lipinski definition) is 4. The predicted octanol–water partition coefficient (Wildman–Crippen LogP) is 5.90. The largest absolute Gasteiger partial charge is 0.496 e. The highest BCUT2D eigenvalue weighted by Crippen LogP contribution is 2.30. The summed E-state index contributed by atoms with van der Waals surface area (Å²) in [7, 11) is 1.62. The van der Waals surface area contributed by atoms with Crippen molar-refractivity contribution in [3.05, 3.63) is 94.5 Å². The van der Waals surface area contributed by atoms with Gasteiger partial charge in [0.15, 0.2) is 0 Å². The summed E-state index contributed by atoms with van der Waals surface area (Å²) >= 11 is 8.84. The molecule has 1 heterocycles. The number of nitrogens with zero attached hydrogens (tertiary/aromatic N) is 2. The van der Waals surface area contributed by atoms with Crippen molar-refractivity contribution in [3.63, 3.8) is 0 Å². The Hall–Kier alpha value is -3.04. The Balaban J connectivity index is 1.35. The Morgan fingerprint density at radius 3 is 2.44 bits per heavy atom. The van der Waals surface area contributed by atoms with Crippen LogP contribution >= 0.6 is 34.2 Å². The normalized spacial score (nSPS) is 13.6. The number of alkyl halides is 1. The number of carbonyl (C=O) groups excluding carboxylic acids is 2. The highest BCUT2D eigenvalue weighted by Gasteiger charge is 2.21. The van der Waals surface area contributed by atoms with E-state index in [9.17, 15) is 9.59 Å². The first-order valence-corrected chi connectivity index (χ1v) is 13.5. The molecule has 0 saturated carbocycles. The van der Waals surface area contributed by atoms with Gasteiger partial charge in [0.2, 0.25) is 5.91 Å². The maximum Gasteiger partial charge on any atom is 0.255 e. The van der Waals surface area contributed by atoms with Crippen molar-refractivity contribution < 1.29 is 14.3 Å². The monoisotopic (exact) mass is 615 g/mol. The van der Waals surface area contributed by atoms with Crippen LogP contribution in [0.1, 0.15) is 21.5 Å². The number of methoxy groups -OCH3 is 1. The molecule has 6 nitrogen and oxygen atoms in total. The van der Waals surface area contributed by atoms with E-state index in [2.05, 4.69) is 32.8 Å². The molecular formula is C28H27ClIN3O3. The number of carbonyl (C=O) groups is 2. The van der Waals surface area contributed by atoms with Gasteiger partial charge in [0, 0.05) is 53.5 Å². The summed E-state index contributed by atoms with van der Waals surface area (Å²) in [6.45, 7) is 2.59. The van der Waals surface area contributed by atoms with E-state index in [1.54, 1.807) is 31.4 Å². The van der Waals surface area contributed by atoms with Crippen LogP contribution in [0, 0.1) is 0 Å². The Morgan fingerprint density at radius 2 is 1.78 bits per heavy atom. The maximum absolute atomic E-state index is 12.8. The average Bonchev–Trinajstić information content (AvgIpc) is 2.92. The molecule has 0 radical (unpaired) electrons. The highest BCUT2D eigenvalue weighted by molar-refractivity contribution is 14.1. The van der Waals surface area contributed by atoms with Crippen LogP contribution in [0.4, 0.5) is 11.4 Å². The number of benzene rings is 3. The Kier molecular flexibility index (Phi) is 8.88. The van der Waals surface area contributed by atoms with Crippen LogP contribution in [0.3, 0.4) is 0 Å². The van der Waals surface area contributed by atoms with E-state index in [0.717, 1.165) is 27.0 Å². The summed E-state index contributed by atoms with van der Waals surface area (Å²) in [5, 5.41) is 3.48. The predicted molar refractivity (Wildman–Crippen MR) is 154 cm³/mol. The lowest BCUT2D eigenvalue weighted by Crippen LogP contribution is -2.48. The number of piperazine rings is 1. The van der Waals surface area contributed by atoms with Crippen molar-refractivity contribution in [1.29, 1.82) is 0 Å². The molecule has 1 fully saturated rings. The quantitative estimate of drug-likeness (QED) is 0.204. The molecule has 186 valence electrons. The van der Waals surface area contributed by atoms with Gasteiger partial charge in [-0.05, 0) is 48.0 Å². The van der Waals surface area contributed by atoms with Gasteiger partial charge in [0.25, 0.3) is 5.91 Å². The van der Waals surface area contributed by atoms with Crippen LogP contribution < -0.4 is 15.0 Å². The van der Waals surface area contributed by atoms with Crippen molar-refractivity contribution in [2.24, 2.45) is 0 Å². The molecular weight excluding hydrogens is 589 g/mol. The number of halogens is 2. The summed E-state index contributed by atoms with van der Waals surface area (Å²) in [6, 6.07) is 20.7. The fourth-order valence-corrected chi connectivity index (χ4v) is 4.97. The number of anilines is 2. The van der Waals surface area contributed by atoms with Gasteiger partial charge in [-0.3, -0.25) is 9.59 Å². The van der Waals surface area contributed by atoms with Crippen LogP contribution in [0.2, 0.25) is 5.02 Å². The van der Waals surface area contributed by atoms with Crippen molar-refractivity contribution in [1.82, 2.24) is 4.90 Å². The van der Waals surface area contributed by atoms with Gasteiger partial charge in [-0.25, -0.2) is 0 Å². The minimum atomic E-state index is -0.205. The fourth-order valence-electron chi connectivity index (χ4n) is 4.07. The van der Waals surface area contributed by atoms with Gasteiger partial charge < -0.3 is 19.9 Å². The molecule has 0 aromatic heterocycles. The number of amides is 2.